The third kappa shape index (κ3) is 7.84. The Morgan fingerprint density at radius 1 is 0.188 bits per heavy atom. The van der Waals surface area contributed by atoms with Crippen molar-refractivity contribution in [3.8, 4) is 73.5 Å². The zero-order valence-electron chi connectivity index (χ0n) is 51.4. The lowest BCUT2D eigenvalue weighted by atomic mass is 10.0. The van der Waals surface area contributed by atoms with Crippen LogP contribution in [-0.2, 0) is 0 Å². The Kier molecular flexibility index (Phi) is 11.7. The van der Waals surface area contributed by atoms with Gasteiger partial charge in [-0.25, -0.2) is 4.39 Å². The third-order valence-corrected chi connectivity index (χ3v) is 19.5. The molecule has 0 saturated carbocycles. The van der Waals surface area contributed by atoms with E-state index in [0.717, 1.165) is 160 Å². The fourth-order valence-corrected chi connectivity index (χ4v) is 15.5. The van der Waals surface area contributed by atoms with E-state index < -0.39 is 5.82 Å². The number of hydrogen-bond acceptors (Lipinski definition) is 4. The molecule has 0 fully saturated rings. The van der Waals surface area contributed by atoms with E-state index in [1.165, 1.54) is 0 Å². The van der Waals surface area contributed by atoms with Crippen molar-refractivity contribution in [1.82, 2.24) is 42.8 Å². The molecule has 11 aromatic carbocycles. The van der Waals surface area contributed by atoms with Crippen LogP contribution < -0.4 is 0 Å². The second-order valence-corrected chi connectivity index (χ2v) is 24.6. The molecule has 9 heterocycles. The van der Waals surface area contributed by atoms with Gasteiger partial charge in [-0.1, -0.05) is 158 Å². The molecule has 10 heteroatoms. The lowest BCUT2D eigenvalue weighted by molar-refractivity contribution is 0.611. The first kappa shape index (κ1) is 53.6. The molecule has 0 amide bonds. The molecule has 0 radical (unpaired) electrons. The molecule has 0 aliphatic heterocycles. The maximum atomic E-state index is 22.1. The van der Waals surface area contributed by atoms with E-state index in [1.807, 2.05) is 73.3 Å². The summed E-state index contributed by atoms with van der Waals surface area (Å²) in [6.07, 6.45) is 7.37. The number of benzene rings is 11. The summed E-state index contributed by atoms with van der Waals surface area (Å²) in [4.78, 5) is 19.7. The fraction of sp³-hybridized carbons (Fsp3) is 0. The minimum Gasteiger partial charge on any atom is -0.305 e. The second-order valence-electron chi connectivity index (χ2n) is 24.6. The number of aromatic nitrogens is 9. The van der Waals surface area contributed by atoms with Crippen molar-refractivity contribution in [2.75, 3.05) is 0 Å². The van der Waals surface area contributed by atoms with Gasteiger partial charge in [0.2, 0.25) is 0 Å². The molecular weight excluding hydrogens is 1180 g/mol. The molecule has 0 bridgehead atoms. The highest BCUT2D eigenvalue weighted by atomic mass is 19.1. The Bertz CT molecular complexity index is 5890. The van der Waals surface area contributed by atoms with E-state index in [1.54, 1.807) is 0 Å². The molecule has 448 valence electrons. The topological polar surface area (TPSA) is 76.2 Å². The monoisotopic (exact) mass is 1230 g/mol. The van der Waals surface area contributed by atoms with E-state index in [0.29, 0.717) is 22.7 Å². The highest BCUT2D eigenvalue weighted by Gasteiger charge is 2.37. The number of hydrogen-bond donors (Lipinski definition) is 0. The summed E-state index contributed by atoms with van der Waals surface area (Å²) in [5.41, 5.74) is 18.6. The molecule has 0 aliphatic rings. The maximum absolute atomic E-state index is 22.1. The fourth-order valence-electron chi connectivity index (χ4n) is 15.5. The van der Waals surface area contributed by atoms with E-state index in [9.17, 15) is 0 Å². The number of rotatable bonds is 9. The summed E-state index contributed by atoms with van der Waals surface area (Å²) >= 11 is 0. The van der Waals surface area contributed by atoms with Gasteiger partial charge in [0.25, 0.3) is 0 Å². The standard InChI is InChI=1S/C86H52FN9/c87-81-82(92-71-31-7-1-21-57(71)58-22-2-8-32-72(58)92)84(95-77-41-37-53(67-27-13-17-45-88-67)49-63(77)64-50-54(38-42-78(64)95)68-28-14-18-46-89-68)86(94-75-35-11-5-25-61(75)62-26-6-12-36-76(62)94)85(83(81)93-73-33-9-3-23-59(73)60-24-4-10-34-74(60)93)96-79-43-39-55(69-29-15-19-47-90-69)51-65(79)66-52-56(40-44-80(66)96)70-30-16-20-48-91-70/h1-52H. The molecule has 9 aromatic heterocycles. The van der Waals surface area contributed by atoms with Gasteiger partial charge in [-0.15, -0.1) is 0 Å². The molecule has 0 spiro atoms. The van der Waals surface area contributed by atoms with Crippen molar-refractivity contribution in [3.05, 3.63) is 322 Å². The van der Waals surface area contributed by atoms with Crippen LogP contribution in [0.25, 0.3) is 182 Å². The van der Waals surface area contributed by atoms with Gasteiger partial charge in [-0.2, -0.15) is 0 Å². The first-order valence-corrected chi connectivity index (χ1v) is 32.3. The molecule has 96 heavy (non-hydrogen) atoms. The third-order valence-electron chi connectivity index (χ3n) is 19.5. The Hall–Kier alpha value is -13.1. The molecule has 20 aromatic rings. The number of para-hydroxylation sites is 6. The number of nitrogens with zero attached hydrogens (tertiary/aromatic N) is 9. The van der Waals surface area contributed by atoms with Gasteiger partial charge in [-0.05, 0) is 133 Å². The average Bonchev–Trinajstić information content (AvgIpc) is 1.46. The van der Waals surface area contributed by atoms with E-state index in [-0.39, 0.29) is 0 Å². The minimum absolute atomic E-state index is 0.363. The van der Waals surface area contributed by atoms with Gasteiger partial charge in [0.05, 0.1) is 83.6 Å². The van der Waals surface area contributed by atoms with Gasteiger partial charge in [0.15, 0.2) is 5.82 Å². The molecular formula is C86H52FN9. The minimum atomic E-state index is -0.432. The summed E-state index contributed by atoms with van der Waals surface area (Å²) < 4.78 is 33.7. The zero-order valence-corrected chi connectivity index (χ0v) is 51.4. The van der Waals surface area contributed by atoms with Crippen LogP contribution in [0.15, 0.2) is 316 Å². The second kappa shape index (κ2) is 21.0. The highest BCUT2D eigenvalue weighted by molar-refractivity contribution is 6.18. The van der Waals surface area contributed by atoms with E-state index in [2.05, 4.69) is 265 Å². The normalized spacial score (nSPS) is 12.0. The van der Waals surface area contributed by atoms with Crippen molar-refractivity contribution >= 4 is 109 Å². The van der Waals surface area contributed by atoms with Crippen LogP contribution in [0.5, 0.6) is 0 Å². The molecule has 0 unspecified atom stereocenters. The van der Waals surface area contributed by atoms with Crippen LogP contribution in [0.4, 0.5) is 4.39 Å². The van der Waals surface area contributed by atoms with Gasteiger partial charge in [0.1, 0.15) is 22.7 Å². The predicted molar refractivity (Wildman–Crippen MR) is 391 cm³/mol. The van der Waals surface area contributed by atoms with E-state index in [4.69, 9.17) is 19.9 Å². The summed E-state index contributed by atoms with van der Waals surface area (Å²) in [5.74, 6) is -0.432. The Labute approximate surface area is 548 Å². The molecule has 0 N–H and O–H groups in total. The summed E-state index contributed by atoms with van der Waals surface area (Å²) in [6, 6.07) is 102. The SMILES string of the molecule is Fc1c(-n2c3ccccc3c3ccccc32)c(-n2c3ccc(-c4ccccn4)cc3c3cc(-c4ccccn4)ccc32)c(-n2c3ccccc3c3ccccc32)c(-n2c3ccc(-c4ccccn4)cc3c3cc(-c4ccccn4)ccc32)c1-n1c2ccccc2c2ccccc21. The Morgan fingerprint density at radius 2 is 0.385 bits per heavy atom. The van der Waals surface area contributed by atoms with Crippen molar-refractivity contribution in [2.45, 2.75) is 0 Å². The van der Waals surface area contributed by atoms with Crippen LogP contribution in [0.2, 0.25) is 0 Å². The Morgan fingerprint density at radius 3 is 0.615 bits per heavy atom. The molecule has 0 saturated heterocycles. The number of pyridine rings is 4. The molecule has 20 rings (SSSR count). The quantitative estimate of drug-likeness (QED) is 0.144. The van der Waals surface area contributed by atoms with Gasteiger partial charge in [0, 0.05) is 101 Å². The van der Waals surface area contributed by atoms with Gasteiger partial charge < -0.3 is 22.8 Å². The zero-order chi connectivity index (χ0) is 63.1. The smallest absolute Gasteiger partial charge is 0.175 e. The highest BCUT2D eigenvalue weighted by Crippen LogP contribution is 2.52. The first-order chi connectivity index (χ1) is 47.6. The first-order valence-electron chi connectivity index (χ1n) is 32.3. The summed E-state index contributed by atoms with van der Waals surface area (Å²) in [5, 5.41) is 9.93. The van der Waals surface area contributed by atoms with Crippen molar-refractivity contribution in [3.63, 3.8) is 0 Å². The van der Waals surface area contributed by atoms with Crippen LogP contribution in [0, 0.1) is 5.82 Å². The largest absolute Gasteiger partial charge is 0.305 e. The van der Waals surface area contributed by atoms with Crippen molar-refractivity contribution in [2.24, 2.45) is 0 Å². The molecule has 9 nitrogen and oxygen atoms in total. The summed E-state index contributed by atoms with van der Waals surface area (Å²) in [7, 11) is 0. The lowest BCUT2D eigenvalue weighted by Gasteiger charge is -2.29. The van der Waals surface area contributed by atoms with Crippen LogP contribution in [0.1, 0.15) is 0 Å². The number of halogens is 1. The van der Waals surface area contributed by atoms with E-state index >= 15 is 4.39 Å². The van der Waals surface area contributed by atoms with Gasteiger partial charge >= 0.3 is 0 Å². The van der Waals surface area contributed by atoms with Crippen LogP contribution in [0.3, 0.4) is 0 Å². The van der Waals surface area contributed by atoms with Crippen LogP contribution in [-0.4, -0.2) is 42.8 Å². The van der Waals surface area contributed by atoms with Gasteiger partial charge in [-0.3, -0.25) is 19.9 Å². The predicted octanol–water partition coefficient (Wildman–Crippen LogP) is 21.6. The lowest BCUT2D eigenvalue weighted by Crippen LogP contribution is -2.19. The van der Waals surface area contributed by atoms with Crippen LogP contribution >= 0.6 is 0 Å². The maximum Gasteiger partial charge on any atom is 0.175 e. The van der Waals surface area contributed by atoms with Crippen molar-refractivity contribution in [1.29, 1.82) is 0 Å². The molecule has 0 aliphatic carbocycles. The Balaban J connectivity index is 1.09. The van der Waals surface area contributed by atoms with Crippen molar-refractivity contribution < 1.29 is 4.39 Å². The molecule has 0 atom stereocenters. The number of fused-ring (bicyclic) bond motifs is 15. The summed E-state index contributed by atoms with van der Waals surface area (Å²) in [6.45, 7) is 0. The average molecular weight is 1230 g/mol.